The molecule has 0 atom stereocenters. The van der Waals surface area contributed by atoms with Crippen molar-refractivity contribution in [1.29, 1.82) is 5.26 Å². The number of alkyl halides is 3. The lowest BCUT2D eigenvalue weighted by Crippen LogP contribution is -2.08. The van der Waals surface area contributed by atoms with E-state index in [0.717, 1.165) is 21.7 Å². The number of halogens is 5. The fraction of sp³-hybridized carbons (Fsp3) is 0.118. The van der Waals surface area contributed by atoms with Crippen molar-refractivity contribution in [2.24, 2.45) is 0 Å². The predicted molar refractivity (Wildman–Crippen MR) is 102 cm³/mol. The number of pyridine rings is 1. The van der Waals surface area contributed by atoms with E-state index in [-0.39, 0.29) is 27.2 Å². The van der Waals surface area contributed by atoms with Gasteiger partial charge in [0.05, 0.1) is 15.6 Å². The van der Waals surface area contributed by atoms with E-state index in [2.05, 4.69) is 10.1 Å². The highest BCUT2D eigenvalue weighted by Gasteiger charge is 2.32. The molecule has 0 aliphatic heterocycles. The third-order valence-corrected chi connectivity index (χ3v) is 5.33. The van der Waals surface area contributed by atoms with E-state index < -0.39 is 11.7 Å². The van der Waals surface area contributed by atoms with Gasteiger partial charge in [0.2, 0.25) is 0 Å². The van der Waals surface area contributed by atoms with Crippen LogP contribution in [0.2, 0.25) is 10.0 Å². The van der Waals surface area contributed by atoms with Gasteiger partial charge in [-0.1, -0.05) is 23.2 Å². The molecule has 0 spiro atoms. The lowest BCUT2D eigenvalue weighted by Gasteiger charge is -2.13. The van der Waals surface area contributed by atoms with E-state index in [1.807, 2.05) is 6.07 Å². The molecule has 28 heavy (non-hydrogen) atoms. The standard InChI is InChI=1S/C17H10Cl2F3N5S/c18-12-5-9(17(20,21)22)6-13(19)15(12)27-16(24)11(14(7-23)26-27)8-28-10-1-3-25-4-2-10/h1-6H,8,24H2. The molecule has 11 heteroatoms. The Hall–Kier alpha value is -2.41. The molecule has 2 heterocycles. The number of thioether (sulfide) groups is 1. The van der Waals surface area contributed by atoms with Gasteiger partial charge in [-0.15, -0.1) is 11.8 Å². The minimum atomic E-state index is -4.61. The zero-order chi connectivity index (χ0) is 20.5. The summed E-state index contributed by atoms with van der Waals surface area (Å²) in [5, 5.41) is 12.9. The number of rotatable bonds is 4. The third-order valence-electron chi connectivity index (χ3n) is 3.72. The van der Waals surface area contributed by atoms with Crippen LogP contribution in [-0.2, 0) is 11.9 Å². The summed E-state index contributed by atoms with van der Waals surface area (Å²) < 4.78 is 39.9. The monoisotopic (exact) mass is 443 g/mol. The Labute approximate surface area is 171 Å². The van der Waals surface area contributed by atoms with Crippen LogP contribution in [-0.4, -0.2) is 14.8 Å². The molecule has 0 aliphatic rings. The lowest BCUT2D eigenvalue weighted by atomic mass is 10.2. The van der Waals surface area contributed by atoms with Crippen LogP contribution >= 0.6 is 35.0 Å². The van der Waals surface area contributed by atoms with E-state index in [1.165, 1.54) is 11.8 Å². The van der Waals surface area contributed by atoms with E-state index in [4.69, 9.17) is 28.9 Å². The minimum Gasteiger partial charge on any atom is -0.383 e. The highest BCUT2D eigenvalue weighted by Crippen LogP contribution is 2.39. The van der Waals surface area contributed by atoms with Crippen LogP contribution in [0.25, 0.3) is 5.69 Å². The Balaban J connectivity index is 2.02. The van der Waals surface area contributed by atoms with Crippen molar-refractivity contribution < 1.29 is 13.2 Å². The number of nitrogen functional groups attached to an aromatic ring is 1. The van der Waals surface area contributed by atoms with Gasteiger partial charge in [0, 0.05) is 28.6 Å². The molecule has 0 saturated carbocycles. The fourth-order valence-corrected chi connectivity index (χ4v) is 3.94. The molecule has 0 fully saturated rings. The molecule has 1 aromatic carbocycles. The van der Waals surface area contributed by atoms with Gasteiger partial charge in [0.1, 0.15) is 17.6 Å². The van der Waals surface area contributed by atoms with Crippen LogP contribution in [0.5, 0.6) is 0 Å². The Morgan fingerprint density at radius 2 is 1.79 bits per heavy atom. The number of benzene rings is 1. The Morgan fingerprint density at radius 1 is 1.18 bits per heavy atom. The largest absolute Gasteiger partial charge is 0.416 e. The second kappa shape index (κ2) is 7.91. The summed E-state index contributed by atoms with van der Waals surface area (Å²) in [4.78, 5) is 4.82. The summed E-state index contributed by atoms with van der Waals surface area (Å²) in [5.74, 6) is 0.385. The van der Waals surface area contributed by atoms with Crippen LogP contribution in [0.3, 0.4) is 0 Å². The summed E-state index contributed by atoms with van der Waals surface area (Å²) in [6, 6.07) is 6.99. The summed E-state index contributed by atoms with van der Waals surface area (Å²) >= 11 is 13.5. The maximum Gasteiger partial charge on any atom is 0.416 e. The van der Waals surface area contributed by atoms with Crippen LogP contribution in [0.4, 0.5) is 19.0 Å². The molecule has 0 radical (unpaired) electrons. The first kappa shape index (κ1) is 20.3. The minimum absolute atomic E-state index is 0.0227. The highest BCUT2D eigenvalue weighted by atomic mass is 35.5. The Morgan fingerprint density at radius 3 is 2.32 bits per heavy atom. The zero-order valence-electron chi connectivity index (χ0n) is 13.8. The van der Waals surface area contributed by atoms with Gasteiger partial charge in [-0.2, -0.15) is 23.5 Å². The maximum atomic E-state index is 12.9. The fourth-order valence-electron chi connectivity index (χ4n) is 2.39. The highest BCUT2D eigenvalue weighted by molar-refractivity contribution is 7.98. The molecular weight excluding hydrogens is 434 g/mol. The number of nitrogens with two attached hydrogens (primary N) is 1. The summed E-state index contributed by atoms with van der Waals surface area (Å²) in [6.07, 6.45) is -1.35. The van der Waals surface area contributed by atoms with Gasteiger partial charge in [0.15, 0.2) is 5.69 Å². The summed E-state index contributed by atoms with van der Waals surface area (Å²) in [6.45, 7) is 0. The number of hydrogen-bond acceptors (Lipinski definition) is 5. The first-order chi connectivity index (χ1) is 13.2. The van der Waals surface area contributed by atoms with Crippen molar-refractivity contribution in [1.82, 2.24) is 14.8 Å². The van der Waals surface area contributed by atoms with Crippen molar-refractivity contribution in [2.75, 3.05) is 5.73 Å². The number of nitrogens with zero attached hydrogens (tertiary/aromatic N) is 4. The van der Waals surface area contributed by atoms with E-state index in [9.17, 15) is 18.4 Å². The molecule has 0 bridgehead atoms. The summed E-state index contributed by atoms with van der Waals surface area (Å²) in [7, 11) is 0. The van der Waals surface area contributed by atoms with Gasteiger partial charge in [-0.25, -0.2) is 4.68 Å². The number of nitriles is 1. The van der Waals surface area contributed by atoms with Gasteiger partial charge in [-0.3, -0.25) is 4.98 Å². The van der Waals surface area contributed by atoms with Gasteiger partial charge < -0.3 is 5.73 Å². The van der Waals surface area contributed by atoms with Crippen LogP contribution < -0.4 is 5.73 Å². The number of hydrogen-bond donors (Lipinski definition) is 1. The molecule has 144 valence electrons. The normalized spacial score (nSPS) is 11.4. The van der Waals surface area contributed by atoms with E-state index >= 15 is 0 Å². The second-order valence-corrected chi connectivity index (χ2v) is 7.36. The molecule has 0 unspecified atom stereocenters. The topological polar surface area (TPSA) is 80.5 Å². The quantitative estimate of drug-likeness (QED) is 0.550. The molecule has 2 aromatic heterocycles. The third kappa shape index (κ3) is 4.04. The molecule has 3 aromatic rings. The zero-order valence-corrected chi connectivity index (χ0v) is 16.2. The molecule has 2 N–H and O–H groups in total. The first-order valence-electron chi connectivity index (χ1n) is 7.59. The first-order valence-corrected chi connectivity index (χ1v) is 9.33. The van der Waals surface area contributed by atoms with Crippen molar-refractivity contribution in [3.8, 4) is 11.8 Å². The molecular formula is C17H10Cl2F3N5S. The Kier molecular flexibility index (Phi) is 5.74. The van der Waals surface area contributed by atoms with Crippen molar-refractivity contribution >= 4 is 40.8 Å². The molecule has 0 saturated heterocycles. The van der Waals surface area contributed by atoms with Crippen molar-refractivity contribution in [2.45, 2.75) is 16.8 Å². The van der Waals surface area contributed by atoms with Crippen molar-refractivity contribution in [3.63, 3.8) is 0 Å². The van der Waals surface area contributed by atoms with Gasteiger partial charge >= 0.3 is 6.18 Å². The molecule has 5 nitrogen and oxygen atoms in total. The van der Waals surface area contributed by atoms with E-state index in [0.29, 0.717) is 11.3 Å². The second-order valence-electron chi connectivity index (χ2n) is 5.49. The number of anilines is 1. The Bertz CT molecular complexity index is 1040. The molecule has 0 amide bonds. The smallest absolute Gasteiger partial charge is 0.383 e. The van der Waals surface area contributed by atoms with Crippen LogP contribution in [0.1, 0.15) is 16.8 Å². The predicted octanol–water partition coefficient (Wildman–Crippen LogP) is 5.34. The van der Waals surface area contributed by atoms with Crippen LogP contribution in [0.15, 0.2) is 41.6 Å². The van der Waals surface area contributed by atoms with Crippen LogP contribution in [0, 0.1) is 11.3 Å². The molecule has 3 rings (SSSR count). The average Bonchev–Trinajstić information content (AvgIpc) is 2.95. The van der Waals surface area contributed by atoms with E-state index in [1.54, 1.807) is 24.5 Å². The maximum absolute atomic E-state index is 12.9. The van der Waals surface area contributed by atoms with Crippen molar-refractivity contribution in [3.05, 3.63) is 63.5 Å². The average molecular weight is 444 g/mol. The van der Waals surface area contributed by atoms with Gasteiger partial charge in [0.25, 0.3) is 0 Å². The SMILES string of the molecule is N#Cc1nn(-c2c(Cl)cc(C(F)(F)F)cc2Cl)c(N)c1CSc1ccncc1. The summed E-state index contributed by atoms with van der Waals surface area (Å²) in [5.41, 5.74) is 5.57. The van der Waals surface area contributed by atoms with Gasteiger partial charge in [-0.05, 0) is 24.3 Å². The lowest BCUT2D eigenvalue weighted by molar-refractivity contribution is -0.137. The molecule has 0 aliphatic carbocycles. The number of aromatic nitrogens is 3.